The van der Waals surface area contributed by atoms with Crippen LogP contribution >= 0.6 is 11.6 Å². The Balaban J connectivity index is 2.06. The number of nitrogens with zero attached hydrogens (tertiary/aromatic N) is 2. The molecule has 41 heavy (non-hydrogen) atoms. The Kier molecular flexibility index (Phi) is 11.2. The van der Waals surface area contributed by atoms with E-state index in [1.54, 1.807) is 30.3 Å². The van der Waals surface area contributed by atoms with Gasteiger partial charge in [0.1, 0.15) is 18.3 Å². The molecule has 8 nitrogen and oxygen atoms in total. The van der Waals surface area contributed by atoms with E-state index in [1.165, 1.54) is 30.2 Å². The van der Waals surface area contributed by atoms with Crippen LogP contribution in [0.5, 0.6) is 5.75 Å². The molecule has 0 aliphatic heterocycles. The van der Waals surface area contributed by atoms with Crippen molar-refractivity contribution >= 4 is 39.1 Å². The number of carbonyl (C=O) groups is 2. The highest BCUT2D eigenvalue weighted by Gasteiger charge is 2.34. The summed E-state index contributed by atoms with van der Waals surface area (Å²) in [6, 6.07) is 19.1. The van der Waals surface area contributed by atoms with E-state index in [1.807, 2.05) is 52.0 Å². The standard InChI is InChI=1S/C31H38ClN3O5S/c1-6-29(31(37)33-19-22(2)3)34(20-24-11-8-7-10-23(24)4)30(36)21-35(26-13-9-12-25(32)18-26)41(38,39)28-16-14-27(40-5)15-17-28/h7-18,22,29H,6,19-21H2,1-5H3,(H,33,37)/t29-/m0/s1. The highest BCUT2D eigenvalue weighted by molar-refractivity contribution is 7.92. The molecule has 3 aromatic carbocycles. The Morgan fingerprint density at radius 1 is 1.00 bits per heavy atom. The summed E-state index contributed by atoms with van der Waals surface area (Å²) in [4.78, 5) is 28.9. The summed E-state index contributed by atoms with van der Waals surface area (Å²) in [5.74, 6) is -0.0748. The predicted octanol–water partition coefficient (Wildman–Crippen LogP) is 5.43. The van der Waals surface area contributed by atoms with Crippen molar-refractivity contribution in [2.45, 2.75) is 51.6 Å². The first-order valence-corrected chi connectivity index (χ1v) is 15.3. The number of ether oxygens (including phenoxy) is 1. The number of amides is 2. The average molecular weight is 600 g/mol. The maximum atomic E-state index is 14.1. The minimum atomic E-state index is -4.21. The van der Waals surface area contributed by atoms with Gasteiger partial charge in [0, 0.05) is 18.1 Å². The number of benzene rings is 3. The lowest BCUT2D eigenvalue weighted by atomic mass is 10.1. The molecule has 0 unspecified atom stereocenters. The lowest BCUT2D eigenvalue weighted by Gasteiger charge is -2.33. The van der Waals surface area contributed by atoms with Crippen LogP contribution in [0, 0.1) is 12.8 Å². The maximum absolute atomic E-state index is 14.1. The van der Waals surface area contributed by atoms with Gasteiger partial charge in [0.25, 0.3) is 10.0 Å². The highest BCUT2D eigenvalue weighted by atomic mass is 35.5. The average Bonchev–Trinajstić information content (AvgIpc) is 2.95. The second-order valence-corrected chi connectivity index (χ2v) is 12.5. The Hall–Kier alpha value is -3.56. The van der Waals surface area contributed by atoms with Crippen LogP contribution in [0.4, 0.5) is 5.69 Å². The Morgan fingerprint density at radius 3 is 2.27 bits per heavy atom. The molecule has 3 rings (SSSR count). The van der Waals surface area contributed by atoms with Crippen LogP contribution in [0.1, 0.15) is 38.3 Å². The zero-order chi connectivity index (χ0) is 30.2. The first-order valence-electron chi connectivity index (χ1n) is 13.5. The Morgan fingerprint density at radius 2 is 1.68 bits per heavy atom. The molecule has 0 fully saturated rings. The number of halogens is 1. The highest BCUT2D eigenvalue weighted by Crippen LogP contribution is 2.28. The van der Waals surface area contributed by atoms with Gasteiger partial charge < -0.3 is 15.0 Å². The monoisotopic (exact) mass is 599 g/mol. The summed E-state index contributed by atoms with van der Waals surface area (Å²) < 4.78 is 34.1. The van der Waals surface area contributed by atoms with Gasteiger partial charge in [0.05, 0.1) is 17.7 Å². The molecule has 2 amide bonds. The van der Waals surface area contributed by atoms with Gasteiger partial charge >= 0.3 is 0 Å². The molecule has 0 saturated carbocycles. The molecular weight excluding hydrogens is 562 g/mol. The number of aryl methyl sites for hydroxylation is 1. The van der Waals surface area contributed by atoms with Crippen molar-refractivity contribution in [1.29, 1.82) is 0 Å². The summed E-state index contributed by atoms with van der Waals surface area (Å²) >= 11 is 6.24. The molecule has 0 heterocycles. The third kappa shape index (κ3) is 8.24. The van der Waals surface area contributed by atoms with Gasteiger partial charge in [0.15, 0.2) is 0 Å². The van der Waals surface area contributed by atoms with Gasteiger partial charge in [-0.3, -0.25) is 13.9 Å². The van der Waals surface area contributed by atoms with Gasteiger partial charge in [0.2, 0.25) is 11.8 Å². The van der Waals surface area contributed by atoms with Crippen LogP contribution in [-0.2, 0) is 26.2 Å². The summed E-state index contributed by atoms with van der Waals surface area (Å²) in [6.07, 6.45) is 0.351. The minimum absolute atomic E-state index is 0.0155. The number of hydrogen-bond acceptors (Lipinski definition) is 5. The number of carbonyl (C=O) groups excluding carboxylic acids is 2. The van der Waals surface area contributed by atoms with Crippen LogP contribution in [0.3, 0.4) is 0 Å². The van der Waals surface area contributed by atoms with Crippen molar-refractivity contribution in [3.8, 4) is 5.75 Å². The third-order valence-electron chi connectivity index (χ3n) is 6.69. The smallest absolute Gasteiger partial charge is 0.264 e. The molecule has 0 saturated heterocycles. The van der Waals surface area contributed by atoms with Gasteiger partial charge in [-0.05, 0) is 72.9 Å². The van der Waals surface area contributed by atoms with Crippen molar-refractivity contribution in [2.75, 3.05) is 24.5 Å². The Labute approximate surface area is 248 Å². The van der Waals surface area contributed by atoms with Crippen LogP contribution in [-0.4, -0.2) is 51.4 Å². The topological polar surface area (TPSA) is 96.0 Å². The lowest BCUT2D eigenvalue weighted by Crippen LogP contribution is -2.52. The van der Waals surface area contributed by atoms with E-state index in [9.17, 15) is 18.0 Å². The molecule has 0 aliphatic carbocycles. The quantitative estimate of drug-likeness (QED) is 0.283. The molecular formula is C31H38ClN3O5S. The van der Waals surface area contributed by atoms with Crippen molar-refractivity contribution in [2.24, 2.45) is 5.92 Å². The predicted molar refractivity (Wildman–Crippen MR) is 163 cm³/mol. The van der Waals surface area contributed by atoms with Crippen molar-refractivity contribution in [3.63, 3.8) is 0 Å². The summed E-state index contributed by atoms with van der Waals surface area (Å²) in [5, 5.41) is 3.25. The lowest BCUT2D eigenvalue weighted by molar-refractivity contribution is -0.140. The second-order valence-electron chi connectivity index (χ2n) is 10.2. The molecule has 0 aliphatic rings. The van der Waals surface area contributed by atoms with Gasteiger partial charge in [-0.15, -0.1) is 0 Å². The molecule has 10 heteroatoms. The van der Waals surface area contributed by atoms with Crippen molar-refractivity contribution in [3.05, 3.63) is 88.9 Å². The van der Waals surface area contributed by atoms with Crippen molar-refractivity contribution < 1.29 is 22.7 Å². The van der Waals surface area contributed by atoms with Crippen LogP contribution in [0.25, 0.3) is 0 Å². The van der Waals surface area contributed by atoms with E-state index >= 15 is 0 Å². The SMILES string of the molecule is CC[C@@H](C(=O)NCC(C)C)N(Cc1ccccc1C)C(=O)CN(c1cccc(Cl)c1)S(=O)(=O)c1ccc(OC)cc1. The van der Waals surface area contributed by atoms with E-state index in [-0.39, 0.29) is 29.0 Å². The van der Waals surface area contributed by atoms with Crippen molar-refractivity contribution in [1.82, 2.24) is 10.2 Å². The third-order valence-corrected chi connectivity index (χ3v) is 8.72. The zero-order valence-electron chi connectivity index (χ0n) is 24.1. The van der Waals surface area contributed by atoms with Crippen LogP contribution < -0.4 is 14.4 Å². The molecule has 0 aromatic heterocycles. The first-order chi connectivity index (χ1) is 19.5. The molecule has 0 bridgehead atoms. The second kappa shape index (κ2) is 14.4. The summed E-state index contributed by atoms with van der Waals surface area (Å²) in [6.45, 7) is 7.82. The molecule has 220 valence electrons. The largest absolute Gasteiger partial charge is 0.497 e. The zero-order valence-corrected chi connectivity index (χ0v) is 25.7. The fourth-order valence-electron chi connectivity index (χ4n) is 4.35. The van der Waals surface area contributed by atoms with E-state index in [2.05, 4.69) is 5.32 Å². The molecule has 3 aromatic rings. The number of hydrogen-bond donors (Lipinski definition) is 1. The van der Waals surface area contributed by atoms with E-state index in [0.29, 0.717) is 23.7 Å². The van der Waals surface area contributed by atoms with E-state index < -0.39 is 28.5 Å². The summed E-state index contributed by atoms with van der Waals surface area (Å²) in [5.41, 5.74) is 2.05. The fourth-order valence-corrected chi connectivity index (χ4v) is 5.94. The van der Waals surface area contributed by atoms with Gasteiger partial charge in [-0.2, -0.15) is 0 Å². The van der Waals surface area contributed by atoms with E-state index in [4.69, 9.17) is 16.3 Å². The normalized spacial score (nSPS) is 12.1. The minimum Gasteiger partial charge on any atom is -0.497 e. The number of methoxy groups -OCH3 is 1. The number of anilines is 1. The Bertz CT molecular complexity index is 1440. The summed E-state index contributed by atoms with van der Waals surface area (Å²) in [7, 11) is -2.72. The maximum Gasteiger partial charge on any atom is 0.264 e. The fraction of sp³-hybridized carbons (Fsp3) is 0.355. The van der Waals surface area contributed by atoms with Crippen LogP contribution in [0.15, 0.2) is 77.7 Å². The van der Waals surface area contributed by atoms with E-state index in [0.717, 1.165) is 15.4 Å². The number of rotatable bonds is 13. The van der Waals surface area contributed by atoms with Gasteiger partial charge in [-0.1, -0.05) is 62.7 Å². The first kappa shape index (κ1) is 32.0. The molecule has 0 spiro atoms. The molecule has 1 atom stereocenters. The number of nitrogens with one attached hydrogen (secondary N) is 1. The van der Waals surface area contributed by atoms with Gasteiger partial charge in [-0.25, -0.2) is 8.42 Å². The number of sulfonamides is 1. The molecule has 0 radical (unpaired) electrons. The molecule has 1 N–H and O–H groups in total. The van der Waals surface area contributed by atoms with Crippen LogP contribution in [0.2, 0.25) is 5.02 Å².